The van der Waals surface area contributed by atoms with Gasteiger partial charge < -0.3 is 14.8 Å². The minimum atomic E-state index is -0.659. The molecule has 6 nitrogen and oxygen atoms in total. The smallest absolute Gasteiger partial charge is 0.255 e. The average Bonchev–Trinajstić information content (AvgIpc) is 3.16. The molecule has 0 saturated carbocycles. The topological polar surface area (TPSA) is 77.5 Å². The third-order valence-corrected chi connectivity index (χ3v) is 4.52. The number of amides is 1. The standard InChI is InChI=1S/C19H19ClN2O4/c1-25-17(13-7-9-26-11-13)19(24)22-18-15(6-3-8-21-18)16(23)12-4-2-5-14(20)10-12/h2-6,8,10,13,17H,7,9,11H2,1H3,(H,21,22,24). The summed E-state index contributed by atoms with van der Waals surface area (Å²) in [5.41, 5.74) is 0.717. The minimum absolute atomic E-state index is 0.0178. The normalized spacial score (nSPS) is 17.7. The number of hydrogen-bond acceptors (Lipinski definition) is 5. The first-order valence-corrected chi connectivity index (χ1v) is 8.64. The van der Waals surface area contributed by atoms with E-state index in [4.69, 9.17) is 21.1 Å². The molecule has 1 aliphatic heterocycles. The maximum absolute atomic E-state index is 12.8. The minimum Gasteiger partial charge on any atom is -0.381 e. The van der Waals surface area contributed by atoms with Gasteiger partial charge in [0.05, 0.1) is 12.2 Å². The number of pyridine rings is 1. The molecular formula is C19H19ClN2O4. The Labute approximate surface area is 156 Å². The van der Waals surface area contributed by atoms with Gasteiger partial charge in [0.15, 0.2) is 5.78 Å². The van der Waals surface area contributed by atoms with Crippen LogP contribution in [-0.2, 0) is 14.3 Å². The lowest BCUT2D eigenvalue weighted by atomic mass is 10.0. The van der Waals surface area contributed by atoms with Crippen molar-refractivity contribution < 1.29 is 19.1 Å². The van der Waals surface area contributed by atoms with E-state index in [1.165, 1.54) is 13.3 Å². The molecule has 7 heteroatoms. The molecule has 1 saturated heterocycles. The first-order chi connectivity index (χ1) is 12.6. The molecule has 1 fully saturated rings. The van der Waals surface area contributed by atoms with Crippen LogP contribution in [0.5, 0.6) is 0 Å². The number of ketones is 1. The van der Waals surface area contributed by atoms with E-state index in [-0.39, 0.29) is 23.4 Å². The largest absolute Gasteiger partial charge is 0.381 e. The second-order valence-corrected chi connectivity index (χ2v) is 6.44. The maximum Gasteiger partial charge on any atom is 0.255 e. The highest BCUT2D eigenvalue weighted by molar-refractivity contribution is 6.31. The predicted molar refractivity (Wildman–Crippen MR) is 97.5 cm³/mol. The van der Waals surface area contributed by atoms with E-state index in [2.05, 4.69) is 10.3 Å². The zero-order valence-electron chi connectivity index (χ0n) is 14.3. The molecule has 2 unspecified atom stereocenters. The highest BCUT2D eigenvalue weighted by atomic mass is 35.5. The average molecular weight is 375 g/mol. The molecule has 1 N–H and O–H groups in total. The second-order valence-electron chi connectivity index (χ2n) is 6.01. The van der Waals surface area contributed by atoms with Crippen LogP contribution in [0.25, 0.3) is 0 Å². The van der Waals surface area contributed by atoms with Crippen LogP contribution in [0, 0.1) is 5.92 Å². The van der Waals surface area contributed by atoms with Gasteiger partial charge in [-0.2, -0.15) is 0 Å². The number of carbonyl (C=O) groups is 2. The van der Waals surface area contributed by atoms with Gasteiger partial charge in [0, 0.05) is 36.4 Å². The Morgan fingerprint density at radius 2 is 2.19 bits per heavy atom. The van der Waals surface area contributed by atoms with Crippen molar-refractivity contribution >= 4 is 29.1 Å². The number of nitrogens with one attached hydrogen (secondary N) is 1. The van der Waals surface area contributed by atoms with Crippen molar-refractivity contribution in [3.05, 3.63) is 58.7 Å². The number of nitrogens with zero attached hydrogens (tertiary/aromatic N) is 1. The van der Waals surface area contributed by atoms with Crippen LogP contribution in [0.1, 0.15) is 22.3 Å². The van der Waals surface area contributed by atoms with Gasteiger partial charge in [0.25, 0.3) is 5.91 Å². The fourth-order valence-electron chi connectivity index (χ4n) is 2.97. The van der Waals surface area contributed by atoms with Gasteiger partial charge in [-0.25, -0.2) is 4.98 Å². The number of aromatic nitrogens is 1. The van der Waals surface area contributed by atoms with Crippen LogP contribution >= 0.6 is 11.6 Å². The van der Waals surface area contributed by atoms with Crippen LogP contribution < -0.4 is 5.32 Å². The van der Waals surface area contributed by atoms with Gasteiger partial charge in [-0.05, 0) is 30.7 Å². The third kappa shape index (κ3) is 4.09. The van der Waals surface area contributed by atoms with Gasteiger partial charge in [-0.3, -0.25) is 9.59 Å². The number of ether oxygens (including phenoxy) is 2. The number of halogens is 1. The zero-order valence-corrected chi connectivity index (χ0v) is 15.0. The lowest BCUT2D eigenvalue weighted by Gasteiger charge is -2.20. The van der Waals surface area contributed by atoms with Crippen LogP contribution in [0.15, 0.2) is 42.6 Å². The molecule has 3 rings (SSSR count). The van der Waals surface area contributed by atoms with Gasteiger partial charge in [0.2, 0.25) is 0 Å². The van der Waals surface area contributed by atoms with Crippen molar-refractivity contribution in [2.75, 3.05) is 25.6 Å². The molecule has 26 heavy (non-hydrogen) atoms. The molecular weight excluding hydrogens is 356 g/mol. The zero-order chi connectivity index (χ0) is 18.5. The molecule has 0 bridgehead atoms. The summed E-state index contributed by atoms with van der Waals surface area (Å²) in [5.74, 6) is -0.435. The van der Waals surface area contributed by atoms with Gasteiger partial charge in [-0.15, -0.1) is 0 Å². The van der Waals surface area contributed by atoms with Crippen molar-refractivity contribution in [2.24, 2.45) is 5.92 Å². The molecule has 1 amide bonds. The van der Waals surface area contributed by atoms with E-state index >= 15 is 0 Å². The van der Waals surface area contributed by atoms with Gasteiger partial charge in [-0.1, -0.05) is 23.7 Å². The molecule has 2 atom stereocenters. The van der Waals surface area contributed by atoms with E-state index in [1.54, 1.807) is 36.4 Å². The molecule has 1 aromatic carbocycles. The highest BCUT2D eigenvalue weighted by Gasteiger charge is 2.32. The molecule has 0 aliphatic carbocycles. The number of methoxy groups -OCH3 is 1. The summed E-state index contributed by atoms with van der Waals surface area (Å²) in [6, 6.07) is 9.90. The molecule has 0 spiro atoms. The van der Waals surface area contributed by atoms with Gasteiger partial charge in [0.1, 0.15) is 11.9 Å². The number of carbonyl (C=O) groups excluding carboxylic acids is 2. The maximum atomic E-state index is 12.8. The summed E-state index contributed by atoms with van der Waals surface area (Å²) in [5, 5.41) is 3.18. The molecule has 1 aliphatic rings. The monoisotopic (exact) mass is 374 g/mol. The summed E-state index contributed by atoms with van der Waals surface area (Å²) < 4.78 is 10.7. The quantitative estimate of drug-likeness (QED) is 0.786. The first kappa shape index (κ1) is 18.5. The fourth-order valence-corrected chi connectivity index (χ4v) is 3.16. The fraction of sp³-hybridized carbons (Fsp3) is 0.316. The van der Waals surface area contributed by atoms with E-state index in [0.29, 0.717) is 29.4 Å². The van der Waals surface area contributed by atoms with E-state index in [0.717, 1.165) is 6.42 Å². The molecule has 2 aromatic rings. The number of rotatable bonds is 6. The summed E-state index contributed by atoms with van der Waals surface area (Å²) >= 11 is 5.97. The Kier molecular flexibility index (Phi) is 5.98. The van der Waals surface area contributed by atoms with E-state index < -0.39 is 6.10 Å². The third-order valence-electron chi connectivity index (χ3n) is 4.29. The Morgan fingerprint density at radius 1 is 1.35 bits per heavy atom. The summed E-state index contributed by atoms with van der Waals surface area (Å²) in [4.78, 5) is 29.6. The predicted octanol–water partition coefficient (Wildman–Crippen LogP) is 2.96. The summed E-state index contributed by atoms with van der Waals surface area (Å²) in [7, 11) is 1.49. The van der Waals surface area contributed by atoms with Crippen LogP contribution in [0.3, 0.4) is 0 Å². The molecule has 0 radical (unpaired) electrons. The molecule has 2 heterocycles. The highest BCUT2D eigenvalue weighted by Crippen LogP contribution is 2.23. The SMILES string of the molecule is COC(C(=O)Nc1ncccc1C(=O)c1cccc(Cl)c1)C1CCOC1. The van der Waals surface area contributed by atoms with Gasteiger partial charge >= 0.3 is 0 Å². The van der Waals surface area contributed by atoms with E-state index in [1.807, 2.05) is 0 Å². The summed E-state index contributed by atoms with van der Waals surface area (Å²) in [6.07, 6.45) is 1.61. The van der Waals surface area contributed by atoms with Crippen LogP contribution in [-0.4, -0.2) is 43.1 Å². The van der Waals surface area contributed by atoms with Crippen molar-refractivity contribution in [1.29, 1.82) is 0 Å². The Hall–Kier alpha value is -2.28. The van der Waals surface area contributed by atoms with Crippen molar-refractivity contribution in [3.8, 4) is 0 Å². The Morgan fingerprint density at radius 3 is 2.88 bits per heavy atom. The lowest BCUT2D eigenvalue weighted by molar-refractivity contribution is -0.128. The van der Waals surface area contributed by atoms with E-state index in [9.17, 15) is 9.59 Å². The van der Waals surface area contributed by atoms with Crippen molar-refractivity contribution in [3.63, 3.8) is 0 Å². The summed E-state index contributed by atoms with van der Waals surface area (Å²) in [6.45, 7) is 1.09. The second kappa shape index (κ2) is 8.40. The molecule has 1 aromatic heterocycles. The number of benzene rings is 1. The van der Waals surface area contributed by atoms with Crippen molar-refractivity contribution in [2.45, 2.75) is 12.5 Å². The van der Waals surface area contributed by atoms with Crippen LogP contribution in [0.2, 0.25) is 5.02 Å². The first-order valence-electron chi connectivity index (χ1n) is 8.27. The van der Waals surface area contributed by atoms with Crippen LogP contribution in [0.4, 0.5) is 5.82 Å². The lowest BCUT2D eigenvalue weighted by Crippen LogP contribution is -2.37. The molecule has 136 valence electrons. The Balaban J connectivity index is 1.82. The number of anilines is 1. The Bertz CT molecular complexity index is 806. The number of hydrogen-bond donors (Lipinski definition) is 1. The van der Waals surface area contributed by atoms with Crippen molar-refractivity contribution in [1.82, 2.24) is 4.98 Å².